The van der Waals surface area contributed by atoms with Gasteiger partial charge in [-0.15, -0.1) is 0 Å². The van der Waals surface area contributed by atoms with Crippen LogP contribution < -0.4 is 0 Å². The lowest BCUT2D eigenvalue weighted by atomic mass is 10.1. The molecular formula is C21H21ClN2O2. The summed E-state index contributed by atoms with van der Waals surface area (Å²) in [7, 11) is 0. The van der Waals surface area contributed by atoms with Crippen molar-refractivity contribution in [1.29, 1.82) is 0 Å². The van der Waals surface area contributed by atoms with E-state index in [1.54, 1.807) is 6.07 Å². The molecule has 0 radical (unpaired) electrons. The maximum absolute atomic E-state index is 10.0. The van der Waals surface area contributed by atoms with E-state index in [2.05, 4.69) is 29.0 Å². The van der Waals surface area contributed by atoms with Gasteiger partial charge in [-0.1, -0.05) is 37.1 Å². The second kappa shape index (κ2) is 8.19. The average molecular weight is 369 g/mol. The van der Waals surface area contributed by atoms with Gasteiger partial charge in [0.15, 0.2) is 5.69 Å². The molecule has 2 aromatic carbocycles. The van der Waals surface area contributed by atoms with Gasteiger partial charge in [0.2, 0.25) is 5.89 Å². The van der Waals surface area contributed by atoms with Crippen molar-refractivity contribution in [3.63, 3.8) is 0 Å². The highest BCUT2D eigenvalue weighted by Gasteiger charge is 2.12. The number of halogens is 1. The fraction of sp³-hybridized carbons (Fsp3) is 0.238. The highest BCUT2D eigenvalue weighted by Crippen LogP contribution is 2.27. The predicted molar refractivity (Wildman–Crippen MR) is 106 cm³/mol. The summed E-state index contributed by atoms with van der Waals surface area (Å²) in [4.78, 5) is 8.71. The Labute approximate surface area is 158 Å². The van der Waals surface area contributed by atoms with Crippen molar-refractivity contribution in [1.82, 2.24) is 4.98 Å². The van der Waals surface area contributed by atoms with Crippen LogP contribution in [0.15, 0.2) is 51.9 Å². The SMILES string of the molecule is CCCCc1ccc(-c2nc(C=Nc3ccc(Cl)cc3C)c(O)o2)cc1. The molecule has 1 heterocycles. The van der Waals surface area contributed by atoms with Gasteiger partial charge in [0.05, 0.1) is 11.9 Å². The third-order valence-corrected chi connectivity index (χ3v) is 4.37. The van der Waals surface area contributed by atoms with Gasteiger partial charge in [-0.3, -0.25) is 4.99 Å². The fourth-order valence-corrected chi connectivity index (χ4v) is 2.85. The molecule has 0 bridgehead atoms. The molecular weight excluding hydrogens is 348 g/mol. The Hall–Kier alpha value is -2.59. The normalized spacial score (nSPS) is 11.3. The number of nitrogens with zero attached hydrogens (tertiary/aromatic N) is 2. The Bertz CT molecular complexity index is 914. The highest BCUT2D eigenvalue weighted by molar-refractivity contribution is 6.30. The van der Waals surface area contributed by atoms with E-state index in [1.807, 2.05) is 31.2 Å². The standard InChI is InChI=1S/C21H21ClN2O2/c1-3-4-5-15-6-8-16(9-7-15)20-24-19(21(25)26-20)13-23-18-11-10-17(22)12-14(18)2/h6-13,25H,3-5H2,1-2H3. The molecule has 134 valence electrons. The van der Waals surface area contributed by atoms with Crippen LogP contribution in [0, 0.1) is 6.92 Å². The van der Waals surface area contributed by atoms with E-state index in [9.17, 15) is 5.11 Å². The first-order chi connectivity index (χ1) is 12.6. The second-order valence-corrected chi connectivity index (χ2v) is 6.64. The maximum atomic E-state index is 10.0. The summed E-state index contributed by atoms with van der Waals surface area (Å²) < 4.78 is 5.39. The molecule has 0 aliphatic heterocycles. The summed E-state index contributed by atoms with van der Waals surface area (Å²) in [6.45, 7) is 4.10. The van der Waals surface area contributed by atoms with Crippen LogP contribution >= 0.6 is 11.6 Å². The molecule has 0 atom stereocenters. The van der Waals surface area contributed by atoms with Gasteiger partial charge in [0.25, 0.3) is 0 Å². The summed E-state index contributed by atoms with van der Waals surface area (Å²) >= 11 is 5.95. The third kappa shape index (κ3) is 4.33. The molecule has 3 aromatic rings. The van der Waals surface area contributed by atoms with Crippen molar-refractivity contribution in [2.45, 2.75) is 33.1 Å². The third-order valence-electron chi connectivity index (χ3n) is 4.14. The minimum Gasteiger partial charge on any atom is -0.479 e. The highest BCUT2D eigenvalue weighted by atomic mass is 35.5. The summed E-state index contributed by atoms with van der Waals surface area (Å²) in [5, 5.41) is 10.7. The van der Waals surface area contributed by atoms with Crippen LogP contribution in [0.1, 0.15) is 36.6 Å². The zero-order valence-electron chi connectivity index (χ0n) is 14.9. The van der Waals surface area contributed by atoms with Crippen molar-refractivity contribution in [3.8, 4) is 17.4 Å². The van der Waals surface area contributed by atoms with Gasteiger partial charge in [0, 0.05) is 10.6 Å². The number of aliphatic imine (C=N–C) groups is 1. The van der Waals surface area contributed by atoms with Crippen molar-refractivity contribution in [2.75, 3.05) is 0 Å². The van der Waals surface area contributed by atoms with Gasteiger partial charge in [-0.2, -0.15) is 0 Å². The molecule has 0 fully saturated rings. The Kier molecular flexibility index (Phi) is 5.74. The van der Waals surface area contributed by atoms with E-state index in [1.165, 1.54) is 24.6 Å². The zero-order chi connectivity index (χ0) is 18.5. The molecule has 0 unspecified atom stereocenters. The predicted octanol–water partition coefficient (Wildman–Crippen LogP) is 6.10. The van der Waals surface area contributed by atoms with Crippen LogP contribution in [0.5, 0.6) is 5.95 Å². The van der Waals surface area contributed by atoms with E-state index < -0.39 is 0 Å². The van der Waals surface area contributed by atoms with Crippen molar-refractivity contribution in [3.05, 3.63) is 64.3 Å². The Morgan fingerprint density at radius 2 is 1.96 bits per heavy atom. The van der Waals surface area contributed by atoms with Crippen LogP contribution in [-0.4, -0.2) is 16.3 Å². The lowest BCUT2D eigenvalue weighted by molar-refractivity contribution is 0.337. The number of aromatic nitrogens is 1. The van der Waals surface area contributed by atoms with Crippen LogP contribution in [0.3, 0.4) is 0 Å². The monoisotopic (exact) mass is 368 g/mol. The van der Waals surface area contributed by atoms with E-state index in [-0.39, 0.29) is 5.95 Å². The molecule has 4 nitrogen and oxygen atoms in total. The van der Waals surface area contributed by atoms with Gasteiger partial charge < -0.3 is 9.52 Å². The van der Waals surface area contributed by atoms with Crippen LogP contribution in [-0.2, 0) is 6.42 Å². The number of aryl methyl sites for hydroxylation is 2. The van der Waals surface area contributed by atoms with E-state index in [0.717, 1.165) is 23.2 Å². The minimum atomic E-state index is -0.245. The number of benzene rings is 2. The number of hydrogen-bond acceptors (Lipinski definition) is 4. The smallest absolute Gasteiger partial charge is 0.312 e. The van der Waals surface area contributed by atoms with Crippen LogP contribution in [0.25, 0.3) is 11.5 Å². The van der Waals surface area contributed by atoms with Gasteiger partial charge in [0.1, 0.15) is 0 Å². The molecule has 0 spiro atoms. The van der Waals surface area contributed by atoms with E-state index in [0.29, 0.717) is 16.6 Å². The first-order valence-electron chi connectivity index (χ1n) is 8.66. The van der Waals surface area contributed by atoms with Crippen LogP contribution in [0.4, 0.5) is 5.69 Å². The fourth-order valence-electron chi connectivity index (χ4n) is 2.62. The van der Waals surface area contributed by atoms with Gasteiger partial charge in [-0.05, 0) is 61.2 Å². The first kappa shape index (κ1) is 18.2. The van der Waals surface area contributed by atoms with Crippen LogP contribution in [0.2, 0.25) is 5.02 Å². The van der Waals surface area contributed by atoms with E-state index >= 15 is 0 Å². The molecule has 1 N–H and O–H groups in total. The molecule has 0 aliphatic rings. The van der Waals surface area contributed by atoms with Gasteiger partial charge >= 0.3 is 5.95 Å². The second-order valence-electron chi connectivity index (χ2n) is 6.20. The Morgan fingerprint density at radius 1 is 1.19 bits per heavy atom. The summed E-state index contributed by atoms with van der Waals surface area (Å²) in [6.07, 6.45) is 4.90. The van der Waals surface area contributed by atoms with Gasteiger partial charge in [-0.25, -0.2) is 4.98 Å². The van der Waals surface area contributed by atoms with Crippen molar-refractivity contribution >= 4 is 23.5 Å². The Morgan fingerprint density at radius 3 is 2.65 bits per heavy atom. The number of aromatic hydroxyl groups is 1. The lowest BCUT2D eigenvalue weighted by Gasteiger charge is -2.00. The Balaban J connectivity index is 1.79. The number of unbranched alkanes of at least 4 members (excludes halogenated alkanes) is 1. The number of oxazole rings is 1. The summed E-state index contributed by atoms with van der Waals surface area (Å²) in [5.41, 5.74) is 4.11. The molecule has 0 saturated heterocycles. The molecule has 0 amide bonds. The van der Waals surface area contributed by atoms with Crippen molar-refractivity contribution < 1.29 is 9.52 Å². The molecule has 26 heavy (non-hydrogen) atoms. The summed E-state index contributed by atoms with van der Waals surface area (Å²) in [6, 6.07) is 13.5. The van der Waals surface area contributed by atoms with Crippen molar-refractivity contribution in [2.24, 2.45) is 4.99 Å². The molecule has 0 saturated carbocycles. The topological polar surface area (TPSA) is 58.6 Å². The number of hydrogen-bond donors (Lipinski definition) is 1. The quantitative estimate of drug-likeness (QED) is 0.534. The first-order valence-corrected chi connectivity index (χ1v) is 9.04. The molecule has 0 aliphatic carbocycles. The lowest BCUT2D eigenvalue weighted by Crippen LogP contribution is -1.86. The minimum absolute atomic E-state index is 0.245. The zero-order valence-corrected chi connectivity index (χ0v) is 15.6. The molecule has 5 heteroatoms. The number of rotatable bonds is 6. The maximum Gasteiger partial charge on any atom is 0.312 e. The average Bonchev–Trinajstić information content (AvgIpc) is 3.00. The molecule has 1 aromatic heterocycles. The summed E-state index contributed by atoms with van der Waals surface area (Å²) in [5.74, 6) is 0.129. The van der Waals surface area contributed by atoms with E-state index in [4.69, 9.17) is 16.0 Å². The largest absolute Gasteiger partial charge is 0.479 e. The molecule has 3 rings (SSSR count).